The first kappa shape index (κ1) is 13.5. The van der Waals surface area contributed by atoms with E-state index in [0.29, 0.717) is 6.04 Å². The fourth-order valence-corrected chi connectivity index (χ4v) is 2.65. The van der Waals surface area contributed by atoms with Crippen molar-refractivity contribution in [3.05, 3.63) is 35.1 Å². The van der Waals surface area contributed by atoms with Crippen molar-refractivity contribution < 1.29 is 4.39 Å². The van der Waals surface area contributed by atoms with Gasteiger partial charge in [0, 0.05) is 19.1 Å². The summed E-state index contributed by atoms with van der Waals surface area (Å²) < 4.78 is 13.0. The fraction of sp³-hybridized carbons (Fsp3) is 0.600. The molecule has 1 aliphatic rings. The Balaban J connectivity index is 1.87. The Morgan fingerprint density at radius 3 is 2.89 bits per heavy atom. The number of nitrogens with zero attached hydrogens (tertiary/aromatic N) is 1. The smallest absolute Gasteiger partial charge is 0.123 e. The molecule has 1 aliphatic heterocycles. The highest BCUT2D eigenvalue weighted by Gasteiger charge is 2.14. The molecule has 0 aromatic heterocycles. The van der Waals surface area contributed by atoms with Gasteiger partial charge in [0.2, 0.25) is 0 Å². The highest BCUT2D eigenvalue weighted by molar-refractivity contribution is 5.26. The molecule has 0 spiro atoms. The van der Waals surface area contributed by atoms with Crippen LogP contribution in [0, 0.1) is 12.7 Å². The van der Waals surface area contributed by atoms with Crippen molar-refractivity contribution >= 4 is 0 Å². The number of aryl methyl sites for hydroxylation is 1. The molecule has 0 saturated carbocycles. The largest absolute Gasteiger partial charge is 0.313 e. The second-order valence-electron chi connectivity index (χ2n) is 5.41. The van der Waals surface area contributed by atoms with Crippen LogP contribution in [0.1, 0.15) is 30.4 Å². The number of hydrogen-bond donors (Lipinski definition) is 1. The first-order chi connectivity index (χ1) is 8.65. The summed E-state index contributed by atoms with van der Waals surface area (Å²) in [6.45, 7) is 5.08. The van der Waals surface area contributed by atoms with Crippen LogP contribution in [0.25, 0.3) is 0 Å². The quantitative estimate of drug-likeness (QED) is 0.884. The summed E-state index contributed by atoms with van der Waals surface area (Å²) in [5, 5.41) is 3.56. The Morgan fingerprint density at radius 1 is 1.39 bits per heavy atom. The number of benzene rings is 1. The maximum Gasteiger partial charge on any atom is 0.123 e. The van der Waals surface area contributed by atoms with E-state index in [0.717, 1.165) is 25.2 Å². The lowest BCUT2D eigenvalue weighted by Gasteiger charge is -2.28. The van der Waals surface area contributed by atoms with Crippen LogP contribution in [-0.2, 0) is 6.54 Å². The molecule has 2 rings (SSSR count). The zero-order valence-corrected chi connectivity index (χ0v) is 11.4. The van der Waals surface area contributed by atoms with Gasteiger partial charge in [-0.3, -0.25) is 0 Å². The Kier molecular flexibility index (Phi) is 4.72. The van der Waals surface area contributed by atoms with Gasteiger partial charge >= 0.3 is 0 Å². The van der Waals surface area contributed by atoms with E-state index in [4.69, 9.17) is 0 Å². The molecule has 0 aliphatic carbocycles. The predicted molar refractivity (Wildman–Crippen MR) is 73.1 cm³/mol. The van der Waals surface area contributed by atoms with Gasteiger partial charge in [0.25, 0.3) is 0 Å². The molecule has 1 unspecified atom stereocenters. The molecule has 1 atom stereocenters. The highest BCUT2D eigenvalue weighted by atomic mass is 19.1. The van der Waals surface area contributed by atoms with Gasteiger partial charge in [-0.1, -0.05) is 12.5 Å². The van der Waals surface area contributed by atoms with Crippen molar-refractivity contribution in [1.82, 2.24) is 10.2 Å². The molecule has 1 aromatic carbocycles. The molecule has 0 bridgehead atoms. The molecular weight excluding hydrogens is 227 g/mol. The minimum atomic E-state index is -0.146. The third-order valence-electron chi connectivity index (χ3n) is 3.69. The van der Waals surface area contributed by atoms with Crippen LogP contribution in [0.2, 0.25) is 0 Å². The first-order valence-electron chi connectivity index (χ1n) is 6.82. The summed E-state index contributed by atoms with van der Waals surface area (Å²) in [6, 6.07) is 5.68. The lowest BCUT2D eigenvalue weighted by Crippen LogP contribution is -2.42. The van der Waals surface area contributed by atoms with Gasteiger partial charge in [-0.05, 0) is 56.6 Å². The van der Waals surface area contributed by atoms with E-state index < -0.39 is 0 Å². The van der Waals surface area contributed by atoms with Gasteiger partial charge in [-0.15, -0.1) is 0 Å². The van der Waals surface area contributed by atoms with Crippen molar-refractivity contribution in [3.8, 4) is 0 Å². The Hall–Kier alpha value is -0.930. The van der Waals surface area contributed by atoms with E-state index in [1.807, 2.05) is 13.0 Å². The second kappa shape index (κ2) is 6.30. The monoisotopic (exact) mass is 250 g/mol. The Bertz CT molecular complexity index is 386. The first-order valence-corrected chi connectivity index (χ1v) is 6.82. The number of nitrogens with one attached hydrogen (secondary N) is 1. The fourth-order valence-electron chi connectivity index (χ4n) is 2.65. The molecule has 1 fully saturated rings. The van der Waals surface area contributed by atoms with Crippen LogP contribution >= 0.6 is 0 Å². The van der Waals surface area contributed by atoms with Crippen LogP contribution < -0.4 is 5.32 Å². The number of piperidine rings is 1. The maximum atomic E-state index is 13.0. The Labute approximate surface area is 109 Å². The Morgan fingerprint density at radius 2 is 2.22 bits per heavy atom. The predicted octanol–water partition coefficient (Wildman–Crippen LogP) is 2.71. The second-order valence-corrected chi connectivity index (χ2v) is 5.41. The molecule has 2 nitrogen and oxygen atoms in total. The maximum absolute atomic E-state index is 13.0. The van der Waals surface area contributed by atoms with Gasteiger partial charge < -0.3 is 10.2 Å². The van der Waals surface area contributed by atoms with Gasteiger partial charge in [0.05, 0.1) is 0 Å². The van der Waals surface area contributed by atoms with E-state index in [9.17, 15) is 4.39 Å². The molecule has 3 heteroatoms. The van der Waals surface area contributed by atoms with E-state index in [2.05, 4.69) is 17.3 Å². The number of halogens is 1. The van der Waals surface area contributed by atoms with E-state index >= 15 is 0 Å². The highest BCUT2D eigenvalue weighted by Crippen LogP contribution is 2.14. The van der Waals surface area contributed by atoms with E-state index in [1.54, 1.807) is 12.1 Å². The van der Waals surface area contributed by atoms with Gasteiger partial charge in [0.15, 0.2) is 0 Å². The molecule has 0 amide bonds. The van der Waals surface area contributed by atoms with Crippen molar-refractivity contribution in [2.24, 2.45) is 0 Å². The molecule has 1 N–H and O–H groups in total. The van der Waals surface area contributed by atoms with Crippen molar-refractivity contribution in [2.75, 3.05) is 20.1 Å². The van der Waals surface area contributed by atoms with E-state index in [-0.39, 0.29) is 5.82 Å². The lowest BCUT2D eigenvalue weighted by molar-refractivity contribution is 0.256. The van der Waals surface area contributed by atoms with Gasteiger partial charge in [0.1, 0.15) is 5.82 Å². The molecule has 1 aromatic rings. The summed E-state index contributed by atoms with van der Waals surface area (Å²) in [5.41, 5.74) is 2.26. The normalized spacial score (nSPS) is 20.3. The lowest BCUT2D eigenvalue weighted by atomic mass is 10.0. The standard InChI is InChI=1S/C15H23FN2/c1-12-9-14(16)7-6-13(12)10-18(2)11-15-5-3-4-8-17-15/h6-7,9,15,17H,3-5,8,10-11H2,1-2H3. The number of hydrogen-bond acceptors (Lipinski definition) is 2. The van der Waals surface area contributed by atoms with Crippen LogP contribution in [-0.4, -0.2) is 31.1 Å². The van der Waals surface area contributed by atoms with E-state index in [1.165, 1.54) is 24.8 Å². The van der Waals surface area contributed by atoms with Crippen LogP contribution in [0.5, 0.6) is 0 Å². The molecule has 1 saturated heterocycles. The summed E-state index contributed by atoms with van der Waals surface area (Å²) in [7, 11) is 2.14. The molecule has 1 heterocycles. The number of rotatable bonds is 4. The summed E-state index contributed by atoms with van der Waals surface area (Å²) in [4.78, 5) is 2.32. The van der Waals surface area contributed by atoms with Gasteiger partial charge in [-0.2, -0.15) is 0 Å². The average Bonchev–Trinajstić information content (AvgIpc) is 2.34. The zero-order valence-electron chi connectivity index (χ0n) is 11.4. The van der Waals surface area contributed by atoms with Crippen LogP contribution in [0.3, 0.4) is 0 Å². The molecule has 18 heavy (non-hydrogen) atoms. The third kappa shape index (κ3) is 3.79. The summed E-state index contributed by atoms with van der Waals surface area (Å²) in [6.07, 6.45) is 3.91. The van der Waals surface area contributed by atoms with Crippen molar-refractivity contribution in [1.29, 1.82) is 0 Å². The van der Waals surface area contributed by atoms with Crippen LogP contribution in [0.15, 0.2) is 18.2 Å². The SMILES string of the molecule is Cc1cc(F)ccc1CN(C)CC1CCCCN1. The minimum absolute atomic E-state index is 0.146. The summed E-state index contributed by atoms with van der Waals surface area (Å²) in [5.74, 6) is -0.146. The molecule has 100 valence electrons. The third-order valence-corrected chi connectivity index (χ3v) is 3.69. The summed E-state index contributed by atoms with van der Waals surface area (Å²) >= 11 is 0. The van der Waals surface area contributed by atoms with Gasteiger partial charge in [-0.25, -0.2) is 4.39 Å². The average molecular weight is 250 g/mol. The molecular formula is C15H23FN2. The zero-order chi connectivity index (χ0) is 13.0. The van der Waals surface area contributed by atoms with Crippen molar-refractivity contribution in [2.45, 2.75) is 38.8 Å². The minimum Gasteiger partial charge on any atom is -0.313 e. The number of likely N-dealkylation sites (N-methyl/N-ethyl adjacent to an activating group) is 1. The van der Waals surface area contributed by atoms with Crippen LogP contribution in [0.4, 0.5) is 4.39 Å². The van der Waals surface area contributed by atoms with Crippen molar-refractivity contribution in [3.63, 3.8) is 0 Å². The topological polar surface area (TPSA) is 15.3 Å². The molecule has 0 radical (unpaired) electrons.